The molecular formula is C25H27N7O2. The van der Waals surface area contributed by atoms with Crippen molar-refractivity contribution in [1.82, 2.24) is 29.6 Å². The standard InChI is InChI=1S/C25H27N7O2/c1-4-11-31-23(33)20-15-28-24(29-18-6-5-17-14-26-9-7-16(17)12-18)30-22(20)32(31)19-8-10-27-21(13-19)25(2,3)34/h4-6,8,10,12-13,15,26,34H,1,7,9,11,14H2,2-3H3,(H,28,29,30). The molecule has 34 heavy (non-hydrogen) atoms. The highest BCUT2D eigenvalue weighted by Gasteiger charge is 2.21. The lowest BCUT2D eigenvalue weighted by atomic mass is 10.0. The molecule has 1 aliphatic heterocycles. The van der Waals surface area contributed by atoms with Crippen molar-refractivity contribution >= 4 is 22.7 Å². The Morgan fingerprint density at radius 2 is 2.09 bits per heavy atom. The van der Waals surface area contributed by atoms with Crippen LogP contribution in [0.2, 0.25) is 0 Å². The molecule has 0 saturated carbocycles. The first-order chi connectivity index (χ1) is 16.3. The van der Waals surface area contributed by atoms with Crippen molar-refractivity contribution in [2.24, 2.45) is 0 Å². The van der Waals surface area contributed by atoms with E-state index in [-0.39, 0.29) is 12.1 Å². The van der Waals surface area contributed by atoms with Crippen molar-refractivity contribution in [3.8, 4) is 5.69 Å². The molecule has 0 aliphatic carbocycles. The number of benzene rings is 1. The Labute approximate surface area is 196 Å². The van der Waals surface area contributed by atoms with Gasteiger partial charge in [-0.3, -0.25) is 9.78 Å². The molecule has 174 valence electrons. The number of hydrogen-bond donors (Lipinski definition) is 3. The van der Waals surface area contributed by atoms with Crippen molar-refractivity contribution < 1.29 is 5.11 Å². The van der Waals surface area contributed by atoms with E-state index >= 15 is 0 Å². The third-order valence-electron chi connectivity index (χ3n) is 5.94. The summed E-state index contributed by atoms with van der Waals surface area (Å²) >= 11 is 0. The van der Waals surface area contributed by atoms with Crippen molar-refractivity contribution in [3.05, 3.63) is 82.6 Å². The molecule has 0 spiro atoms. The molecule has 5 rings (SSSR count). The number of aliphatic hydroxyl groups is 1. The first-order valence-electron chi connectivity index (χ1n) is 11.2. The van der Waals surface area contributed by atoms with Crippen LogP contribution in [-0.4, -0.2) is 36.0 Å². The third-order valence-corrected chi connectivity index (χ3v) is 5.94. The number of aromatic nitrogens is 5. The molecule has 4 heterocycles. The first kappa shape index (κ1) is 22.0. The topological polar surface area (TPSA) is 110 Å². The van der Waals surface area contributed by atoms with Crippen molar-refractivity contribution in [1.29, 1.82) is 0 Å². The number of allylic oxidation sites excluding steroid dienone is 1. The number of fused-ring (bicyclic) bond motifs is 2. The van der Waals surface area contributed by atoms with Gasteiger partial charge >= 0.3 is 0 Å². The molecule has 1 aromatic carbocycles. The second kappa shape index (κ2) is 8.51. The van der Waals surface area contributed by atoms with Crippen LogP contribution < -0.4 is 16.2 Å². The average Bonchev–Trinajstić information content (AvgIpc) is 3.10. The van der Waals surface area contributed by atoms with Crippen LogP contribution in [0.1, 0.15) is 30.7 Å². The number of nitrogens with zero attached hydrogens (tertiary/aromatic N) is 5. The Bertz CT molecular complexity index is 1450. The van der Waals surface area contributed by atoms with Gasteiger partial charge in [-0.1, -0.05) is 12.1 Å². The van der Waals surface area contributed by atoms with Gasteiger partial charge in [-0.05, 0) is 62.2 Å². The maximum atomic E-state index is 13.1. The smallest absolute Gasteiger partial charge is 0.278 e. The minimum atomic E-state index is -1.13. The van der Waals surface area contributed by atoms with Gasteiger partial charge < -0.3 is 15.7 Å². The molecule has 1 aliphatic rings. The molecule has 0 unspecified atom stereocenters. The van der Waals surface area contributed by atoms with E-state index in [9.17, 15) is 9.90 Å². The van der Waals surface area contributed by atoms with E-state index in [4.69, 9.17) is 4.98 Å². The summed E-state index contributed by atoms with van der Waals surface area (Å²) in [5.74, 6) is 0.391. The monoisotopic (exact) mass is 457 g/mol. The van der Waals surface area contributed by atoms with Crippen LogP contribution in [0.25, 0.3) is 16.7 Å². The molecule has 0 amide bonds. The van der Waals surface area contributed by atoms with Gasteiger partial charge in [0.15, 0.2) is 5.65 Å². The lowest BCUT2D eigenvalue weighted by Crippen LogP contribution is -2.23. The number of pyridine rings is 1. The highest BCUT2D eigenvalue weighted by molar-refractivity contribution is 5.77. The lowest BCUT2D eigenvalue weighted by molar-refractivity contribution is 0.0738. The van der Waals surface area contributed by atoms with Crippen molar-refractivity contribution in [3.63, 3.8) is 0 Å². The molecule has 0 atom stereocenters. The summed E-state index contributed by atoms with van der Waals surface area (Å²) < 4.78 is 3.27. The predicted molar refractivity (Wildman–Crippen MR) is 131 cm³/mol. The molecular weight excluding hydrogens is 430 g/mol. The average molecular weight is 458 g/mol. The molecule has 0 bridgehead atoms. The fourth-order valence-electron chi connectivity index (χ4n) is 4.21. The van der Waals surface area contributed by atoms with Gasteiger partial charge in [0.1, 0.15) is 11.0 Å². The van der Waals surface area contributed by atoms with Crippen LogP contribution in [0.3, 0.4) is 0 Å². The second-order valence-electron chi connectivity index (χ2n) is 8.91. The summed E-state index contributed by atoms with van der Waals surface area (Å²) in [7, 11) is 0. The Kier molecular flexibility index (Phi) is 5.51. The highest BCUT2D eigenvalue weighted by Crippen LogP contribution is 2.24. The van der Waals surface area contributed by atoms with Gasteiger partial charge in [0.25, 0.3) is 5.56 Å². The van der Waals surface area contributed by atoms with Gasteiger partial charge in [-0.15, -0.1) is 6.58 Å². The Hall–Kier alpha value is -3.82. The van der Waals surface area contributed by atoms with Crippen LogP contribution >= 0.6 is 0 Å². The van der Waals surface area contributed by atoms with Gasteiger partial charge in [0.2, 0.25) is 5.95 Å². The van der Waals surface area contributed by atoms with Gasteiger partial charge in [-0.25, -0.2) is 14.3 Å². The molecule has 0 saturated heterocycles. The zero-order chi connectivity index (χ0) is 23.9. The van der Waals surface area contributed by atoms with Crippen LogP contribution in [0.4, 0.5) is 11.6 Å². The summed E-state index contributed by atoms with van der Waals surface area (Å²) in [5, 5.41) is 17.5. The fourth-order valence-corrected chi connectivity index (χ4v) is 4.21. The quantitative estimate of drug-likeness (QED) is 0.382. The summed E-state index contributed by atoms with van der Waals surface area (Å²) in [6, 6.07) is 9.77. The predicted octanol–water partition coefficient (Wildman–Crippen LogP) is 2.78. The number of hydrogen-bond acceptors (Lipinski definition) is 7. The summed E-state index contributed by atoms with van der Waals surface area (Å²) in [6.07, 6.45) is 5.78. The first-order valence-corrected chi connectivity index (χ1v) is 11.2. The van der Waals surface area contributed by atoms with E-state index in [1.54, 1.807) is 53.8 Å². The zero-order valence-electron chi connectivity index (χ0n) is 19.2. The molecule has 4 aromatic rings. The van der Waals surface area contributed by atoms with E-state index in [1.807, 2.05) is 6.07 Å². The number of anilines is 2. The van der Waals surface area contributed by atoms with Gasteiger partial charge in [-0.2, -0.15) is 4.98 Å². The van der Waals surface area contributed by atoms with Gasteiger partial charge in [0.05, 0.1) is 17.9 Å². The Morgan fingerprint density at radius 3 is 2.88 bits per heavy atom. The van der Waals surface area contributed by atoms with Crippen LogP contribution in [0, 0.1) is 0 Å². The van der Waals surface area contributed by atoms with E-state index in [0.29, 0.717) is 28.4 Å². The minimum Gasteiger partial charge on any atom is -0.384 e. The summed E-state index contributed by atoms with van der Waals surface area (Å²) in [4.78, 5) is 26.5. The fraction of sp³-hybridized carbons (Fsp3) is 0.280. The van der Waals surface area contributed by atoms with Crippen molar-refractivity contribution in [2.45, 2.75) is 39.0 Å². The maximum Gasteiger partial charge on any atom is 0.278 e. The molecule has 3 aromatic heterocycles. The largest absolute Gasteiger partial charge is 0.384 e. The Morgan fingerprint density at radius 1 is 1.24 bits per heavy atom. The van der Waals surface area contributed by atoms with E-state index in [2.05, 4.69) is 39.3 Å². The van der Waals surface area contributed by atoms with Crippen LogP contribution in [0.15, 0.2) is 60.2 Å². The van der Waals surface area contributed by atoms with E-state index in [0.717, 1.165) is 25.2 Å². The molecule has 0 radical (unpaired) electrons. The van der Waals surface area contributed by atoms with Crippen molar-refractivity contribution in [2.75, 3.05) is 11.9 Å². The summed E-state index contributed by atoms with van der Waals surface area (Å²) in [6.45, 7) is 9.25. The SMILES string of the molecule is C=CCn1c(=O)c2cnc(Nc3ccc4c(c3)CCNC4)nc2n1-c1ccnc(C(C)(C)O)c1. The highest BCUT2D eigenvalue weighted by atomic mass is 16.3. The molecule has 9 heteroatoms. The van der Waals surface area contributed by atoms with E-state index in [1.165, 1.54) is 11.1 Å². The normalized spacial score (nSPS) is 13.6. The van der Waals surface area contributed by atoms with Gasteiger partial charge in [0, 0.05) is 24.6 Å². The minimum absolute atomic E-state index is 0.218. The molecule has 9 nitrogen and oxygen atoms in total. The maximum absolute atomic E-state index is 13.1. The zero-order valence-corrected chi connectivity index (χ0v) is 19.2. The lowest BCUT2D eigenvalue weighted by Gasteiger charge is -2.18. The van der Waals surface area contributed by atoms with Crippen LogP contribution in [0.5, 0.6) is 0 Å². The Balaban J connectivity index is 1.62. The number of nitrogens with one attached hydrogen (secondary N) is 2. The van der Waals surface area contributed by atoms with E-state index < -0.39 is 5.60 Å². The number of rotatable bonds is 6. The third kappa shape index (κ3) is 4.00. The second-order valence-corrected chi connectivity index (χ2v) is 8.91. The summed E-state index contributed by atoms with van der Waals surface area (Å²) in [5.41, 5.74) is 3.74. The molecule has 3 N–H and O–H groups in total. The molecule has 0 fully saturated rings. The van der Waals surface area contributed by atoms with Crippen LogP contribution in [-0.2, 0) is 25.1 Å².